The van der Waals surface area contributed by atoms with Gasteiger partial charge in [0, 0.05) is 9.75 Å². The van der Waals surface area contributed by atoms with Crippen molar-refractivity contribution in [3.8, 4) is 0 Å². The molecule has 0 saturated heterocycles. The van der Waals surface area contributed by atoms with Crippen molar-refractivity contribution in [2.75, 3.05) is 0 Å². The van der Waals surface area contributed by atoms with Crippen LogP contribution in [0, 0.1) is 6.92 Å². The fraction of sp³-hybridized carbons (Fsp3) is 0.143. The van der Waals surface area contributed by atoms with Crippen LogP contribution in [0.15, 0.2) is 31.4 Å². The largest absolute Gasteiger partial charge is 0.140 e. The van der Waals surface area contributed by atoms with Crippen molar-refractivity contribution in [2.24, 2.45) is 0 Å². The molecule has 0 amide bonds. The van der Waals surface area contributed by atoms with Crippen molar-refractivity contribution >= 4 is 29.6 Å². The van der Waals surface area contributed by atoms with E-state index in [-0.39, 0.29) is 0 Å². The molecular formula is C14H16S. The predicted octanol–water partition coefficient (Wildman–Crippen LogP) is 4.93. The van der Waals surface area contributed by atoms with Crippen LogP contribution >= 0.6 is 11.3 Å². The molecule has 0 spiro atoms. The van der Waals surface area contributed by atoms with Crippen LogP contribution in [0.2, 0.25) is 0 Å². The Morgan fingerprint density at radius 2 is 1.87 bits per heavy atom. The standard InChI is InChI=1S/C14H16S/c1-5-8-10-12-11(4)15-14(7-3)13(12)9-6-2/h5-10H,1,3H2,2,4H3/b9-6-,10-8-. The molecule has 0 N–H and O–H groups in total. The first-order chi connectivity index (χ1) is 7.24. The molecule has 0 saturated carbocycles. The van der Waals surface area contributed by atoms with Gasteiger partial charge in [0.15, 0.2) is 0 Å². The molecule has 1 aromatic rings. The summed E-state index contributed by atoms with van der Waals surface area (Å²) in [6.07, 6.45) is 12.0. The van der Waals surface area contributed by atoms with Crippen molar-refractivity contribution in [3.05, 3.63) is 52.3 Å². The molecule has 1 aromatic heterocycles. The Balaban J connectivity index is 3.33. The number of aryl methyl sites for hydroxylation is 1. The molecule has 1 heterocycles. The van der Waals surface area contributed by atoms with Crippen LogP contribution in [0.1, 0.15) is 27.8 Å². The van der Waals surface area contributed by atoms with E-state index in [9.17, 15) is 0 Å². The van der Waals surface area contributed by atoms with E-state index < -0.39 is 0 Å². The number of hydrogen-bond donors (Lipinski definition) is 0. The average molecular weight is 216 g/mol. The summed E-state index contributed by atoms with van der Waals surface area (Å²) >= 11 is 1.78. The minimum atomic E-state index is 1.23. The second kappa shape index (κ2) is 5.52. The lowest BCUT2D eigenvalue weighted by molar-refractivity contribution is 1.57. The Hall–Kier alpha value is -1.34. The summed E-state index contributed by atoms with van der Waals surface area (Å²) < 4.78 is 0. The summed E-state index contributed by atoms with van der Waals surface area (Å²) in [4.78, 5) is 2.55. The molecule has 15 heavy (non-hydrogen) atoms. The van der Waals surface area contributed by atoms with Crippen LogP contribution in [0.25, 0.3) is 18.2 Å². The van der Waals surface area contributed by atoms with E-state index in [4.69, 9.17) is 0 Å². The van der Waals surface area contributed by atoms with Crippen LogP contribution in [0.5, 0.6) is 0 Å². The van der Waals surface area contributed by atoms with E-state index in [1.807, 2.05) is 19.1 Å². The Kier molecular flexibility index (Phi) is 4.32. The van der Waals surface area contributed by atoms with E-state index >= 15 is 0 Å². The van der Waals surface area contributed by atoms with Crippen LogP contribution < -0.4 is 0 Å². The maximum atomic E-state index is 3.84. The van der Waals surface area contributed by atoms with Gasteiger partial charge in [0.2, 0.25) is 0 Å². The molecule has 0 aliphatic carbocycles. The van der Waals surface area contributed by atoms with Crippen molar-refractivity contribution < 1.29 is 0 Å². The van der Waals surface area contributed by atoms with Crippen molar-refractivity contribution in [1.82, 2.24) is 0 Å². The van der Waals surface area contributed by atoms with Crippen LogP contribution in [-0.2, 0) is 0 Å². The van der Waals surface area contributed by atoms with Crippen molar-refractivity contribution in [2.45, 2.75) is 13.8 Å². The van der Waals surface area contributed by atoms with E-state index in [0.717, 1.165) is 0 Å². The first kappa shape index (κ1) is 11.7. The lowest BCUT2D eigenvalue weighted by Gasteiger charge is -1.95. The SMILES string of the molecule is C=C/C=C\c1c(C)sc(C=C)c1/C=C\C. The number of allylic oxidation sites excluding steroid dienone is 3. The molecule has 0 aliphatic rings. The highest BCUT2D eigenvalue weighted by molar-refractivity contribution is 7.13. The molecule has 0 fully saturated rings. The van der Waals surface area contributed by atoms with Gasteiger partial charge in [0.1, 0.15) is 0 Å². The predicted molar refractivity (Wildman–Crippen MR) is 73.1 cm³/mol. The number of rotatable bonds is 4. The minimum Gasteiger partial charge on any atom is -0.140 e. The van der Waals surface area contributed by atoms with Gasteiger partial charge in [-0.2, -0.15) is 0 Å². The molecule has 0 atom stereocenters. The van der Waals surface area contributed by atoms with Gasteiger partial charge in [-0.25, -0.2) is 0 Å². The monoisotopic (exact) mass is 216 g/mol. The van der Waals surface area contributed by atoms with Gasteiger partial charge >= 0.3 is 0 Å². The van der Waals surface area contributed by atoms with E-state index in [1.54, 1.807) is 17.4 Å². The van der Waals surface area contributed by atoms with E-state index in [2.05, 4.69) is 38.3 Å². The van der Waals surface area contributed by atoms with Crippen molar-refractivity contribution in [3.63, 3.8) is 0 Å². The molecule has 1 rings (SSSR count). The maximum Gasteiger partial charge on any atom is 0.0345 e. The Labute approximate surface area is 96.0 Å². The topological polar surface area (TPSA) is 0 Å². The molecule has 0 aromatic carbocycles. The highest BCUT2D eigenvalue weighted by Crippen LogP contribution is 2.31. The van der Waals surface area contributed by atoms with Crippen LogP contribution in [0.4, 0.5) is 0 Å². The summed E-state index contributed by atoms with van der Waals surface area (Å²) in [6.45, 7) is 11.7. The molecule has 0 nitrogen and oxygen atoms in total. The first-order valence-corrected chi connectivity index (χ1v) is 5.73. The summed E-state index contributed by atoms with van der Waals surface area (Å²) in [5.74, 6) is 0. The molecule has 0 bridgehead atoms. The zero-order valence-electron chi connectivity index (χ0n) is 9.29. The average Bonchev–Trinajstić information content (AvgIpc) is 2.53. The number of thiophene rings is 1. The smallest absolute Gasteiger partial charge is 0.0345 e. The van der Waals surface area contributed by atoms with Gasteiger partial charge in [-0.05, 0) is 25.0 Å². The van der Waals surface area contributed by atoms with Gasteiger partial charge in [0.25, 0.3) is 0 Å². The second-order valence-corrected chi connectivity index (χ2v) is 4.41. The third kappa shape index (κ3) is 2.57. The van der Waals surface area contributed by atoms with Crippen LogP contribution in [-0.4, -0.2) is 0 Å². The minimum absolute atomic E-state index is 1.23. The summed E-state index contributed by atoms with van der Waals surface area (Å²) in [7, 11) is 0. The Morgan fingerprint density at radius 1 is 1.13 bits per heavy atom. The lowest BCUT2D eigenvalue weighted by Crippen LogP contribution is -1.77. The summed E-state index contributed by atoms with van der Waals surface area (Å²) in [5.41, 5.74) is 2.53. The first-order valence-electron chi connectivity index (χ1n) is 4.92. The Morgan fingerprint density at radius 3 is 2.40 bits per heavy atom. The van der Waals surface area contributed by atoms with Crippen LogP contribution in [0.3, 0.4) is 0 Å². The fourth-order valence-corrected chi connectivity index (χ4v) is 2.45. The van der Waals surface area contributed by atoms with E-state index in [0.29, 0.717) is 0 Å². The summed E-state index contributed by atoms with van der Waals surface area (Å²) in [5, 5.41) is 0. The van der Waals surface area contributed by atoms with Gasteiger partial charge in [-0.15, -0.1) is 11.3 Å². The third-order valence-corrected chi connectivity index (χ3v) is 3.25. The second-order valence-electron chi connectivity index (χ2n) is 3.15. The number of hydrogen-bond acceptors (Lipinski definition) is 1. The van der Waals surface area contributed by atoms with Gasteiger partial charge in [0.05, 0.1) is 0 Å². The maximum absolute atomic E-state index is 3.84. The zero-order chi connectivity index (χ0) is 11.3. The van der Waals surface area contributed by atoms with Gasteiger partial charge < -0.3 is 0 Å². The van der Waals surface area contributed by atoms with E-state index in [1.165, 1.54) is 20.9 Å². The molecule has 78 valence electrons. The highest BCUT2D eigenvalue weighted by Gasteiger charge is 2.08. The normalized spacial score (nSPS) is 11.3. The highest BCUT2D eigenvalue weighted by atomic mass is 32.1. The quantitative estimate of drug-likeness (QED) is 0.626. The summed E-state index contributed by atoms with van der Waals surface area (Å²) in [6, 6.07) is 0. The Bertz CT molecular complexity index is 417. The zero-order valence-corrected chi connectivity index (χ0v) is 10.1. The molecule has 1 heteroatoms. The molecular weight excluding hydrogens is 200 g/mol. The molecule has 0 aliphatic heterocycles. The fourth-order valence-electron chi connectivity index (χ4n) is 1.46. The van der Waals surface area contributed by atoms with Crippen molar-refractivity contribution in [1.29, 1.82) is 0 Å². The molecule has 0 unspecified atom stereocenters. The molecule has 0 radical (unpaired) electrons. The lowest BCUT2D eigenvalue weighted by atomic mass is 10.1. The third-order valence-electron chi connectivity index (χ3n) is 2.12. The van der Waals surface area contributed by atoms with Gasteiger partial charge in [-0.1, -0.05) is 49.6 Å². The van der Waals surface area contributed by atoms with Gasteiger partial charge in [-0.3, -0.25) is 0 Å².